The summed E-state index contributed by atoms with van der Waals surface area (Å²) in [5.74, 6) is 0.153. The number of aryl methyl sites for hydroxylation is 1. The highest BCUT2D eigenvalue weighted by atomic mass is 32.2. The minimum atomic E-state index is -1.23. The normalized spacial score (nSPS) is 13.5. The number of hydrogen-bond donors (Lipinski definition) is 1. The molecule has 0 fully saturated rings. The van der Waals surface area contributed by atoms with Gasteiger partial charge < -0.3 is 5.32 Å². The average molecular weight is 336 g/mol. The molecule has 0 aliphatic carbocycles. The van der Waals surface area contributed by atoms with E-state index < -0.39 is 10.8 Å². The van der Waals surface area contributed by atoms with Crippen molar-refractivity contribution in [3.05, 3.63) is 52.0 Å². The Hall–Kier alpha value is -1.53. The minimum absolute atomic E-state index is 0.0101. The van der Waals surface area contributed by atoms with Crippen molar-refractivity contribution in [3.8, 4) is 0 Å². The molecule has 0 aliphatic heterocycles. The predicted octanol–water partition coefficient (Wildman–Crippen LogP) is 2.83. The number of benzene rings is 1. The van der Waals surface area contributed by atoms with E-state index in [1.807, 2.05) is 49.6 Å². The van der Waals surface area contributed by atoms with Crippen LogP contribution in [0.5, 0.6) is 0 Å². The number of thiazole rings is 1. The zero-order chi connectivity index (χ0) is 15.9. The van der Waals surface area contributed by atoms with Crippen molar-refractivity contribution in [2.75, 3.05) is 5.75 Å². The number of aromatic nitrogens is 1. The predicted molar refractivity (Wildman–Crippen MR) is 91.2 cm³/mol. The number of carbonyl (C=O) groups is 1. The standard InChI is InChI=1S/C16H20N2O2S2/c1-3-16-18-14(9-21-16)10-22(20)11-15(19)17-12(2)13-7-5-4-6-8-13/h4-9,12H,3,10-11H2,1-2H3,(H,17,19)/t12-,22-/m0/s1. The van der Waals surface area contributed by atoms with E-state index in [9.17, 15) is 9.00 Å². The molecule has 0 saturated heterocycles. The van der Waals surface area contributed by atoms with Gasteiger partial charge in [0.05, 0.1) is 22.5 Å². The van der Waals surface area contributed by atoms with Crippen LogP contribution in [0, 0.1) is 0 Å². The van der Waals surface area contributed by atoms with E-state index in [-0.39, 0.29) is 17.7 Å². The van der Waals surface area contributed by atoms with Crippen LogP contribution in [-0.2, 0) is 27.8 Å². The van der Waals surface area contributed by atoms with E-state index in [1.165, 1.54) is 0 Å². The summed E-state index contributed by atoms with van der Waals surface area (Å²) in [4.78, 5) is 16.3. The van der Waals surface area contributed by atoms with Crippen molar-refractivity contribution in [1.29, 1.82) is 0 Å². The number of nitrogens with zero attached hydrogens (tertiary/aromatic N) is 1. The van der Waals surface area contributed by atoms with Gasteiger partial charge in [-0.15, -0.1) is 11.3 Å². The third-order valence-electron chi connectivity index (χ3n) is 3.18. The number of amides is 1. The lowest BCUT2D eigenvalue weighted by atomic mass is 10.1. The Labute approximate surface area is 137 Å². The monoisotopic (exact) mass is 336 g/mol. The summed E-state index contributed by atoms with van der Waals surface area (Å²) in [6, 6.07) is 9.64. The zero-order valence-corrected chi connectivity index (χ0v) is 14.4. The molecule has 4 nitrogen and oxygen atoms in total. The Morgan fingerprint density at radius 1 is 1.36 bits per heavy atom. The summed E-state index contributed by atoms with van der Waals surface area (Å²) < 4.78 is 12.1. The molecule has 0 spiro atoms. The van der Waals surface area contributed by atoms with Gasteiger partial charge in [-0.3, -0.25) is 9.00 Å². The van der Waals surface area contributed by atoms with Crippen LogP contribution in [0.1, 0.15) is 36.2 Å². The quantitative estimate of drug-likeness (QED) is 0.846. The topological polar surface area (TPSA) is 59.1 Å². The van der Waals surface area contributed by atoms with Crippen molar-refractivity contribution in [1.82, 2.24) is 10.3 Å². The maximum absolute atomic E-state index is 12.1. The molecule has 0 aliphatic rings. The second-order valence-electron chi connectivity index (χ2n) is 5.01. The lowest BCUT2D eigenvalue weighted by Crippen LogP contribution is -2.31. The van der Waals surface area contributed by atoms with Gasteiger partial charge in [0.2, 0.25) is 5.91 Å². The molecular weight excluding hydrogens is 316 g/mol. The van der Waals surface area contributed by atoms with E-state index in [2.05, 4.69) is 10.3 Å². The van der Waals surface area contributed by atoms with Crippen LogP contribution in [0.2, 0.25) is 0 Å². The summed E-state index contributed by atoms with van der Waals surface area (Å²) in [5.41, 5.74) is 1.85. The van der Waals surface area contributed by atoms with E-state index >= 15 is 0 Å². The fraction of sp³-hybridized carbons (Fsp3) is 0.375. The van der Waals surface area contributed by atoms with Crippen molar-refractivity contribution < 1.29 is 9.00 Å². The van der Waals surface area contributed by atoms with Gasteiger partial charge in [0.15, 0.2) is 0 Å². The van der Waals surface area contributed by atoms with Gasteiger partial charge in [0.25, 0.3) is 0 Å². The Bertz CT molecular complexity index is 641. The van der Waals surface area contributed by atoms with Crippen LogP contribution in [0.3, 0.4) is 0 Å². The average Bonchev–Trinajstić information content (AvgIpc) is 2.95. The first kappa shape index (κ1) is 16.8. The third kappa shape index (κ3) is 5.03. The highest BCUT2D eigenvalue weighted by molar-refractivity contribution is 7.84. The van der Waals surface area contributed by atoms with Crippen LogP contribution in [0.15, 0.2) is 35.7 Å². The van der Waals surface area contributed by atoms with Gasteiger partial charge in [-0.2, -0.15) is 0 Å². The molecule has 22 heavy (non-hydrogen) atoms. The van der Waals surface area contributed by atoms with Crippen molar-refractivity contribution >= 4 is 28.0 Å². The lowest BCUT2D eigenvalue weighted by Gasteiger charge is -2.13. The first-order valence-corrected chi connectivity index (χ1v) is 9.57. The van der Waals surface area contributed by atoms with Crippen LogP contribution >= 0.6 is 11.3 Å². The molecule has 0 saturated carbocycles. The van der Waals surface area contributed by atoms with Gasteiger partial charge in [-0.25, -0.2) is 4.98 Å². The van der Waals surface area contributed by atoms with Gasteiger partial charge in [-0.1, -0.05) is 37.3 Å². The summed E-state index contributed by atoms with van der Waals surface area (Å²) in [7, 11) is -1.23. The van der Waals surface area contributed by atoms with E-state index in [4.69, 9.17) is 0 Å². The minimum Gasteiger partial charge on any atom is -0.349 e. The molecule has 1 amide bonds. The molecule has 2 rings (SSSR count). The highest BCUT2D eigenvalue weighted by Gasteiger charge is 2.13. The Morgan fingerprint density at radius 2 is 2.09 bits per heavy atom. The first-order chi connectivity index (χ1) is 10.6. The molecule has 118 valence electrons. The van der Waals surface area contributed by atoms with Crippen LogP contribution in [0.4, 0.5) is 0 Å². The fourth-order valence-electron chi connectivity index (χ4n) is 2.05. The molecule has 0 unspecified atom stereocenters. The molecule has 1 aromatic carbocycles. The summed E-state index contributed by atoms with van der Waals surface area (Å²) >= 11 is 1.57. The fourth-order valence-corrected chi connectivity index (χ4v) is 3.85. The molecule has 1 heterocycles. The maximum Gasteiger partial charge on any atom is 0.233 e. The SMILES string of the molecule is CCc1nc(C[S@](=O)CC(=O)N[C@@H](C)c2ccccc2)cs1. The number of hydrogen-bond acceptors (Lipinski definition) is 4. The first-order valence-electron chi connectivity index (χ1n) is 7.21. The van der Waals surface area contributed by atoms with E-state index in [0.29, 0.717) is 5.75 Å². The zero-order valence-electron chi connectivity index (χ0n) is 12.7. The molecule has 1 aromatic heterocycles. The van der Waals surface area contributed by atoms with Crippen molar-refractivity contribution in [2.45, 2.75) is 32.1 Å². The Kier molecular flexibility index (Phi) is 6.27. The van der Waals surface area contributed by atoms with Gasteiger partial charge in [-0.05, 0) is 18.9 Å². The molecule has 0 radical (unpaired) electrons. The van der Waals surface area contributed by atoms with E-state index in [1.54, 1.807) is 11.3 Å². The third-order valence-corrected chi connectivity index (χ3v) is 5.42. The van der Waals surface area contributed by atoms with Crippen LogP contribution in [0.25, 0.3) is 0 Å². The summed E-state index contributed by atoms with van der Waals surface area (Å²) in [5, 5.41) is 5.83. The largest absolute Gasteiger partial charge is 0.349 e. The molecule has 2 atom stereocenters. The van der Waals surface area contributed by atoms with Crippen molar-refractivity contribution in [2.24, 2.45) is 0 Å². The second kappa shape index (κ2) is 8.19. The van der Waals surface area contributed by atoms with E-state index in [0.717, 1.165) is 22.7 Å². The highest BCUT2D eigenvalue weighted by Crippen LogP contribution is 2.13. The van der Waals surface area contributed by atoms with Gasteiger partial charge in [0, 0.05) is 16.2 Å². The van der Waals surface area contributed by atoms with Gasteiger partial charge in [0.1, 0.15) is 5.75 Å². The van der Waals surface area contributed by atoms with Crippen LogP contribution < -0.4 is 5.32 Å². The van der Waals surface area contributed by atoms with Gasteiger partial charge >= 0.3 is 0 Å². The molecule has 1 N–H and O–H groups in total. The molecule has 2 aromatic rings. The smallest absolute Gasteiger partial charge is 0.233 e. The maximum atomic E-state index is 12.1. The summed E-state index contributed by atoms with van der Waals surface area (Å²) in [6.45, 7) is 3.96. The van der Waals surface area contributed by atoms with Crippen LogP contribution in [-0.4, -0.2) is 20.9 Å². The Morgan fingerprint density at radius 3 is 2.73 bits per heavy atom. The Balaban J connectivity index is 1.82. The number of carbonyl (C=O) groups excluding carboxylic acids is 1. The molecule has 0 bridgehead atoms. The second-order valence-corrected chi connectivity index (χ2v) is 7.41. The molecule has 6 heteroatoms. The lowest BCUT2D eigenvalue weighted by molar-refractivity contribution is -0.119. The summed E-state index contributed by atoms with van der Waals surface area (Å²) in [6.07, 6.45) is 0.881. The number of nitrogens with one attached hydrogen (secondary N) is 1. The van der Waals surface area contributed by atoms with Crippen molar-refractivity contribution in [3.63, 3.8) is 0 Å². The number of rotatable bonds is 7. The molecular formula is C16H20N2O2S2.